The summed E-state index contributed by atoms with van der Waals surface area (Å²) in [6, 6.07) is 2.11. The van der Waals surface area contributed by atoms with Crippen molar-refractivity contribution in [2.75, 3.05) is 32.6 Å². The Morgan fingerprint density at radius 3 is 2.35 bits per heavy atom. The van der Waals surface area contributed by atoms with Gasteiger partial charge in [0.2, 0.25) is 0 Å². The fraction of sp³-hybridized carbons (Fsp3) is 0.333. The maximum absolute atomic E-state index is 11.6. The summed E-state index contributed by atoms with van der Waals surface area (Å²) in [7, 11) is 2.81. The summed E-state index contributed by atoms with van der Waals surface area (Å²) in [5.41, 5.74) is 5.25. The normalized spacial score (nSPS) is 9.75. The van der Waals surface area contributed by atoms with E-state index in [0.29, 0.717) is 5.75 Å². The van der Waals surface area contributed by atoms with Gasteiger partial charge < -0.3 is 30.9 Å². The van der Waals surface area contributed by atoms with Crippen molar-refractivity contribution < 1.29 is 24.2 Å². The highest BCUT2D eigenvalue weighted by Gasteiger charge is 2.17. The number of hydrogen-bond donors (Lipinski definition) is 4. The first kappa shape index (κ1) is 15.6. The summed E-state index contributed by atoms with van der Waals surface area (Å²) in [4.78, 5) is 22.8. The maximum atomic E-state index is 11.6. The molecular weight excluding hydrogens is 266 g/mol. The second-order valence-corrected chi connectivity index (χ2v) is 3.73. The van der Waals surface area contributed by atoms with Crippen molar-refractivity contribution in [3.8, 4) is 11.5 Å². The third kappa shape index (κ3) is 3.75. The van der Waals surface area contributed by atoms with Gasteiger partial charge in [0, 0.05) is 25.2 Å². The second-order valence-electron chi connectivity index (χ2n) is 3.73. The Bertz CT molecular complexity index is 504. The molecule has 0 atom stereocenters. The third-order valence-electron chi connectivity index (χ3n) is 2.43. The SMILES string of the molecule is COc1cc(NC(=O)NCCN)c(C(=O)O)cc1OC. The van der Waals surface area contributed by atoms with Crippen LogP contribution in [0.1, 0.15) is 10.4 Å². The van der Waals surface area contributed by atoms with Gasteiger partial charge in [0.25, 0.3) is 0 Å². The molecule has 0 aliphatic heterocycles. The van der Waals surface area contributed by atoms with Gasteiger partial charge >= 0.3 is 12.0 Å². The van der Waals surface area contributed by atoms with Crippen LogP contribution in [-0.4, -0.2) is 44.4 Å². The van der Waals surface area contributed by atoms with Gasteiger partial charge in [0.05, 0.1) is 25.5 Å². The topological polar surface area (TPSA) is 123 Å². The summed E-state index contributed by atoms with van der Waals surface area (Å²) in [6.45, 7) is 0.562. The molecule has 20 heavy (non-hydrogen) atoms. The highest BCUT2D eigenvalue weighted by molar-refractivity contribution is 6.01. The summed E-state index contributed by atoms with van der Waals surface area (Å²) in [5, 5.41) is 14.1. The lowest BCUT2D eigenvalue weighted by atomic mass is 10.1. The number of amides is 2. The van der Waals surface area contributed by atoms with Crippen molar-refractivity contribution in [2.45, 2.75) is 0 Å². The molecule has 8 nitrogen and oxygen atoms in total. The van der Waals surface area contributed by atoms with E-state index >= 15 is 0 Å². The smallest absolute Gasteiger partial charge is 0.337 e. The molecule has 0 saturated heterocycles. The number of carboxylic acid groups (broad SMARTS) is 1. The number of methoxy groups -OCH3 is 2. The van der Waals surface area contributed by atoms with Gasteiger partial charge in [-0.2, -0.15) is 0 Å². The first-order valence-electron chi connectivity index (χ1n) is 5.77. The van der Waals surface area contributed by atoms with Crippen LogP contribution in [0, 0.1) is 0 Å². The Kier molecular flexibility index (Phi) is 5.60. The minimum Gasteiger partial charge on any atom is -0.493 e. The Balaban J connectivity index is 3.09. The lowest BCUT2D eigenvalue weighted by molar-refractivity contribution is 0.0697. The molecule has 2 amide bonds. The van der Waals surface area contributed by atoms with Crippen molar-refractivity contribution in [1.82, 2.24) is 5.32 Å². The minimum absolute atomic E-state index is 0.102. The van der Waals surface area contributed by atoms with Crippen LogP contribution in [0.25, 0.3) is 0 Å². The first-order valence-corrected chi connectivity index (χ1v) is 5.77. The van der Waals surface area contributed by atoms with Crippen LogP contribution in [0.3, 0.4) is 0 Å². The Morgan fingerprint density at radius 2 is 1.85 bits per heavy atom. The van der Waals surface area contributed by atoms with E-state index < -0.39 is 12.0 Å². The molecule has 0 aliphatic carbocycles. The summed E-state index contributed by atoms with van der Waals surface area (Å²) in [6.07, 6.45) is 0. The van der Waals surface area contributed by atoms with Gasteiger partial charge in [0.15, 0.2) is 11.5 Å². The van der Waals surface area contributed by atoms with Crippen LogP contribution in [0.4, 0.5) is 10.5 Å². The molecule has 5 N–H and O–H groups in total. The maximum Gasteiger partial charge on any atom is 0.337 e. The highest BCUT2D eigenvalue weighted by atomic mass is 16.5. The van der Waals surface area contributed by atoms with E-state index in [9.17, 15) is 9.59 Å². The predicted molar refractivity (Wildman–Crippen MR) is 72.6 cm³/mol. The molecule has 0 spiro atoms. The zero-order valence-corrected chi connectivity index (χ0v) is 11.2. The van der Waals surface area contributed by atoms with Crippen LogP contribution in [0.15, 0.2) is 12.1 Å². The minimum atomic E-state index is -1.19. The number of nitrogens with two attached hydrogens (primary N) is 1. The largest absolute Gasteiger partial charge is 0.493 e. The number of ether oxygens (including phenoxy) is 2. The fourth-order valence-corrected chi connectivity index (χ4v) is 1.51. The van der Waals surface area contributed by atoms with Crippen LogP contribution in [0.5, 0.6) is 11.5 Å². The van der Waals surface area contributed by atoms with E-state index in [1.807, 2.05) is 0 Å². The van der Waals surface area contributed by atoms with Gasteiger partial charge in [0.1, 0.15) is 0 Å². The molecule has 0 unspecified atom stereocenters. The summed E-state index contributed by atoms with van der Waals surface area (Å²) >= 11 is 0. The molecular formula is C12H17N3O5. The van der Waals surface area contributed by atoms with E-state index in [4.69, 9.17) is 20.3 Å². The molecule has 1 aromatic carbocycles. The second kappa shape index (κ2) is 7.19. The molecule has 0 fully saturated rings. The first-order chi connectivity index (χ1) is 9.53. The number of rotatable bonds is 6. The number of carboxylic acids is 1. The molecule has 1 rings (SSSR count). The van der Waals surface area contributed by atoms with E-state index in [0.717, 1.165) is 0 Å². The Labute approximate surface area is 115 Å². The van der Waals surface area contributed by atoms with E-state index in [1.165, 1.54) is 26.4 Å². The van der Waals surface area contributed by atoms with Crippen molar-refractivity contribution in [3.63, 3.8) is 0 Å². The fourth-order valence-electron chi connectivity index (χ4n) is 1.51. The highest BCUT2D eigenvalue weighted by Crippen LogP contribution is 2.33. The number of hydrogen-bond acceptors (Lipinski definition) is 5. The standard InChI is InChI=1S/C12H17N3O5/c1-19-9-5-7(11(16)17)8(6-10(9)20-2)15-12(18)14-4-3-13/h5-6H,3-4,13H2,1-2H3,(H,16,17)(H2,14,15,18). The quantitative estimate of drug-likeness (QED) is 0.602. The summed E-state index contributed by atoms with van der Waals surface area (Å²) in [5.74, 6) is -0.621. The molecule has 8 heteroatoms. The predicted octanol–water partition coefficient (Wildman–Crippen LogP) is 0.482. The van der Waals surface area contributed by atoms with Crippen molar-refractivity contribution in [2.24, 2.45) is 5.73 Å². The van der Waals surface area contributed by atoms with Gasteiger partial charge in [-0.25, -0.2) is 9.59 Å². The third-order valence-corrected chi connectivity index (χ3v) is 2.43. The lowest BCUT2D eigenvalue weighted by Crippen LogP contribution is -2.33. The average Bonchev–Trinajstić information content (AvgIpc) is 2.44. The monoisotopic (exact) mass is 283 g/mol. The molecule has 110 valence electrons. The van der Waals surface area contributed by atoms with Gasteiger partial charge in [-0.05, 0) is 0 Å². The zero-order valence-electron chi connectivity index (χ0n) is 11.2. The molecule has 0 bridgehead atoms. The number of benzene rings is 1. The Hall–Kier alpha value is -2.48. The van der Waals surface area contributed by atoms with Gasteiger partial charge in [-0.3, -0.25) is 0 Å². The number of anilines is 1. The number of carbonyl (C=O) groups is 2. The molecule has 0 aliphatic rings. The van der Waals surface area contributed by atoms with E-state index in [2.05, 4.69) is 10.6 Å². The Morgan fingerprint density at radius 1 is 1.25 bits per heavy atom. The van der Waals surface area contributed by atoms with Crippen LogP contribution in [-0.2, 0) is 0 Å². The number of nitrogens with one attached hydrogen (secondary N) is 2. The number of aromatic carboxylic acids is 1. The van der Waals surface area contributed by atoms with Crippen LogP contribution < -0.4 is 25.8 Å². The zero-order chi connectivity index (χ0) is 15.1. The van der Waals surface area contributed by atoms with Crippen LogP contribution >= 0.6 is 0 Å². The molecule has 0 radical (unpaired) electrons. The summed E-state index contributed by atoms with van der Waals surface area (Å²) < 4.78 is 10.1. The van der Waals surface area contributed by atoms with Crippen molar-refractivity contribution in [3.05, 3.63) is 17.7 Å². The van der Waals surface area contributed by atoms with Crippen molar-refractivity contribution in [1.29, 1.82) is 0 Å². The average molecular weight is 283 g/mol. The lowest BCUT2D eigenvalue weighted by Gasteiger charge is -2.14. The van der Waals surface area contributed by atoms with E-state index in [1.54, 1.807) is 0 Å². The molecule has 0 saturated carbocycles. The van der Waals surface area contributed by atoms with Crippen molar-refractivity contribution >= 4 is 17.7 Å². The number of carbonyl (C=O) groups excluding carboxylic acids is 1. The van der Waals surface area contributed by atoms with Gasteiger partial charge in [-0.1, -0.05) is 0 Å². The number of urea groups is 1. The molecule has 0 aromatic heterocycles. The molecule has 0 heterocycles. The van der Waals surface area contributed by atoms with E-state index in [-0.39, 0.29) is 30.1 Å². The van der Waals surface area contributed by atoms with Gasteiger partial charge in [-0.15, -0.1) is 0 Å². The molecule has 1 aromatic rings. The van der Waals surface area contributed by atoms with Crippen LogP contribution in [0.2, 0.25) is 0 Å².